The lowest BCUT2D eigenvalue weighted by atomic mass is 9.96. The number of carbonyl (C=O) groups excluding carboxylic acids is 2. The van der Waals surface area contributed by atoms with Crippen molar-refractivity contribution in [3.8, 4) is 5.75 Å². The molecule has 2 saturated heterocycles. The van der Waals surface area contributed by atoms with Gasteiger partial charge in [-0.1, -0.05) is 11.6 Å². The van der Waals surface area contributed by atoms with Crippen LogP contribution in [0.25, 0.3) is 0 Å². The average molecular weight is 605 g/mol. The molecule has 224 valence electrons. The number of ether oxygens (including phenoxy) is 1. The first kappa shape index (κ1) is 30.8. The number of rotatable bonds is 9. The fourth-order valence-electron chi connectivity index (χ4n) is 5.21. The SMILES string of the molecule is CC(C)(Oc1ccc(Cl)cc1C(F)F)C(=O)NC1CC2CCC(C1)N2c1ccc(C(=O)NCC(O)C(F)(F)F)cn1. The number of alkyl halides is 5. The quantitative estimate of drug-likeness (QED) is 0.356. The number of aliphatic hydroxyl groups excluding tert-OH is 1. The first-order chi connectivity index (χ1) is 19.2. The molecular weight excluding hydrogens is 575 g/mol. The summed E-state index contributed by atoms with van der Waals surface area (Å²) in [7, 11) is 0. The Kier molecular flexibility index (Phi) is 8.98. The predicted octanol–water partition coefficient (Wildman–Crippen LogP) is 4.80. The molecule has 41 heavy (non-hydrogen) atoms. The molecule has 3 heterocycles. The van der Waals surface area contributed by atoms with Gasteiger partial charge < -0.3 is 25.4 Å². The number of hydrogen-bond donors (Lipinski definition) is 3. The maximum atomic E-state index is 13.5. The van der Waals surface area contributed by atoms with E-state index >= 15 is 0 Å². The molecule has 0 spiro atoms. The highest BCUT2D eigenvalue weighted by Gasteiger charge is 2.43. The van der Waals surface area contributed by atoms with Crippen LogP contribution in [-0.4, -0.2) is 64.5 Å². The van der Waals surface area contributed by atoms with E-state index in [9.17, 15) is 31.5 Å². The monoisotopic (exact) mass is 604 g/mol. The predicted molar refractivity (Wildman–Crippen MR) is 140 cm³/mol. The van der Waals surface area contributed by atoms with Crippen molar-refractivity contribution in [2.45, 2.75) is 82.0 Å². The molecule has 0 aliphatic carbocycles. The number of piperidine rings is 1. The molecule has 2 aliphatic heterocycles. The Hall–Kier alpha value is -3.19. The molecule has 3 unspecified atom stereocenters. The van der Waals surface area contributed by atoms with Crippen LogP contribution in [0.1, 0.15) is 61.9 Å². The van der Waals surface area contributed by atoms with Gasteiger partial charge in [0.1, 0.15) is 11.6 Å². The smallest absolute Gasteiger partial charge is 0.416 e. The molecule has 1 aromatic heterocycles. The number of nitrogens with one attached hydrogen (secondary N) is 2. The molecular formula is C27H30ClF5N4O4. The van der Waals surface area contributed by atoms with Gasteiger partial charge in [-0.15, -0.1) is 0 Å². The van der Waals surface area contributed by atoms with E-state index in [1.807, 2.05) is 5.32 Å². The van der Waals surface area contributed by atoms with E-state index in [-0.39, 0.29) is 34.5 Å². The van der Waals surface area contributed by atoms with Gasteiger partial charge in [0.15, 0.2) is 11.7 Å². The summed E-state index contributed by atoms with van der Waals surface area (Å²) in [5.41, 5.74) is -1.79. The Morgan fingerprint density at radius 2 is 1.80 bits per heavy atom. The number of fused-ring (bicyclic) bond motifs is 2. The average Bonchev–Trinajstić information content (AvgIpc) is 3.17. The van der Waals surface area contributed by atoms with E-state index in [4.69, 9.17) is 21.4 Å². The molecule has 2 bridgehead atoms. The van der Waals surface area contributed by atoms with Gasteiger partial charge in [-0.25, -0.2) is 13.8 Å². The van der Waals surface area contributed by atoms with Gasteiger partial charge in [0.25, 0.3) is 18.2 Å². The first-order valence-corrected chi connectivity index (χ1v) is 13.4. The normalized spacial score (nSPS) is 21.5. The van der Waals surface area contributed by atoms with E-state index in [2.05, 4.69) is 15.2 Å². The van der Waals surface area contributed by atoms with Crippen LogP contribution in [0.4, 0.5) is 27.8 Å². The molecule has 0 saturated carbocycles. The fourth-order valence-corrected chi connectivity index (χ4v) is 5.39. The number of carbonyl (C=O) groups is 2. The van der Waals surface area contributed by atoms with Gasteiger partial charge >= 0.3 is 6.18 Å². The number of pyridine rings is 1. The number of nitrogens with zero attached hydrogens (tertiary/aromatic N) is 2. The topological polar surface area (TPSA) is 104 Å². The fraction of sp³-hybridized carbons (Fsp3) is 0.519. The molecule has 4 rings (SSSR count). The molecule has 2 amide bonds. The van der Waals surface area contributed by atoms with E-state index < -0.39 is 48.2 Å². The van der Waals surface area contributed by atoms with Crippen LogP contribution in [0.3, 0.4) is 0 Å². The minimum absolute atomic E-state index is 0.0406. The van der Waals surface area contributed by atoms with Gasteiger partial charge in [-0.05, 0) is 69.9 Å². The van der Waals surface area contributed by atoms with Crippen molar-refractivity contribution in [1.82, 2.24) is 15.6 Å². The number of amides is 2. The summed E-state index contributed by atoms with van der Waals surface area (Å²) < 4.78 is 70.0. The highest BCUT2D eigenvalue weighted by molar-refractivity contribution is 6.30. The zero-order valence-corrected chi connectivity index (χ0v) is 23.0. The van der Waals surface area contributed by atoms with Crippen molar-refractivity contribution in [2.24, 2.45) is 0 Å². The largest absolute Gasteiger partial charge is 0.478 e. The van der Waals surface area contributed by atoms with E-state index in [1.165, 1.54) is 38.2 Å². The van der Waals surface area contributed by atoms with E-state index in [0.29, 0.717) is 18.7 Å². The van der Waals surface area contributed by atoms with E-state index in [0.717, 1.165) is 18.9 Å². The van der Waals surface area contributed by atoms with Crippen LogP contribution in [0.15, 0.2) is 36.5 Å². The van der Waals surface area contributed by atoms with Gasteiger partial charge in [0.2, 0.25) is 0 Å². The molecule has 2 fully saturated rings. The number of halogens is 6. The molecule has 3 atom stereocenters. The third kappa shape index (κ3) is 7.18. The van der Waals surface area contributed by atoms with Crippen LogP contribution in [0.2, 0.25) is 5.02 Å². The molecule has 8 nitrogen and oxygen atoms in total. The highest BCUT2D eigenvalue weighted by atomic mass is 35.5. The third-order valence-electron chi connectivity index (χ3n) is 7.30. The van der Waals surface area contributed by atoms with Crippen LogP contribution in [0.5, 0.6) is 5.75 Å². The summed E-state index contributed by atoms with van der Waals surface area (Å²) in [4.78, 5) is 31.8. The standard InChI is InChI=1S/C27H30ClF5N4O4/c1-26(2,41-20-7-4-15(28)9-19(20)23(29)30)25(40)36-16-10-17-5-6-18(11-16)37(17)22-8-3-14(12-34-22)24(39)35-13-21(38)27(31,32)33/h3-4,7-9,12,16-18,21,23,38H,5-6,10-11,13H2,1-2H3,(H,35,39)(H,36,40). The highest BCUT2D eigenvalue weighted by Crippen LogP contribution is 2.39. The van der Waals surface area contributed by atoms with Crippen LogP contribution in [-0.2, 0) is 4.79 Å². The van der Waals surface area contributed by atoms with Crippen molar-refractivity contribution in [3.63, 3.8) is 0 Å². The van der Waals surface area contributed by atoms with Crippen LogP contribution >= 0.6 is 11.6 Å². The first-order valence-electron chi connectivity index (χ1n) is 13.0. The Balaban J connectivity index is 1.35. The number of hydrogen-bond acceptors (Lipinski definition) is 6. The van der Waals surface area contributed by atoms with Gasteiger partial charge in [-0.3, -0.25) is 9.59 Å². The second-order valence-electron chi connectivity index (χ2n) is 10.7. The van der Waals surface area contributed by atoms with Crippen LogP contribution < -0.4 is 20.3 Å². The lowest BCUT2D eigenvalue weighted by Crippen LogP contribution is -2.55. The Labute approximate surface area is 238 Å². The maximum absolute atomic E-state index is 13.5. The molecule has 14 heteroatoms. The minimum atomic E-state index is -4.84. The van der Waals surface area contributed by atoms with Crippen molar-refractivity contribution < 1.29 is 41.4 Å². The number of aliphatic hydroxyl groups is 1. The lowest BCUT2D eigenvalue weighted by Gasteiger charge is -2.41. The summed E-state index contributed by atoms with van der Waals surface area (Å²) in [6, 6.07) is 6.79. The van der Waals surface area contributed by atoms with Gasteiger partial charge in [0.05, 0.1) is 17.7 Å². The number of aromatic nitrogens is 1. The summed E-state index contributed by atoms with van der Waals surface area (Å²) in [5, 5.41) is 14.2. The number of benzene rings is 1. The van der Waals surface area contributed by atoms with Crippen molar-refractivity contribution >= 4 is 29.2 Å². The van der Waals surface area contributed by atoms with Crippen molar-refractivity contribution in [2.75, 3.05) is 11.4 Å². The zero-order valence-electron chi connectivity index (χ0n) is 22.2. The summed E-state index contributed by atoms with van der Waals surface area (Å²) in [6.07, 6.45) is -6.18. The zero-order chi connectivity index (χ0) is 30.1. The van der Waals surface area contributed by atoms with Gasteiger partial charge in [0, 0.05) is 29.3 Å². The molecule has 1 aromatic carbocycles. The van der Waals surface area contributed by atoms with Crippen molar-refractivity contribution in [3.05, 3.63) is 52.7 Å². The van der Waals surface area contributed by atoms with Crippen LogP contribution in [0, 0.1) is 0 Å². The number of anilines is 1. The third-order valence-corrected chi connectivity index (χ3v) is 7.53. The molecule has 2 aromatic rings. The van der Waals surface area contributed by atoms with Gasteiger partial charge in [-0.2, -0.15) is 13.2 Å². The Morgan fingerprint density at radius 1 is 1.15 bits per heavy atom. The van der Waals surface area contributed by atoms with Crippen molar-refractivity contribution in [1.29, 1.82) is 0 Å². The summed E-state index contributed by atoms with van der Waals surface area (Å²) >= 11 is 5.83. The Morgan fingerprint density at radius 3 is 2.37 bits per heavy atom. The molecule has 2 aliphatic rings. The maximum Gasteiger partial charge on any atom is 0.416 e. The second-order valence-corrected chi connectivity index (χ2v) is 11.1. The van der Waals surface area contributed by atoms with E-state index in [1.54, 1.807) is 6.07 Å². The minimum Gasteiger partial charge on any atom is -0.478 e. The molecule has 0 radical (unpaired) electrons. The summed E-state index contributed by atoms with van der Waals surface area (Å²) in [5.74, 6) is -0.769. The lowest BCUT2D eigenvalue weighted by molar-refractivity contribution is -0.201. The second kappa shape index (κ2) is 12.0. The Bertz CT molecular complexity index is 1250. The molecule has 3 N–H and O–H groups in total. The summed E-state index contributed by atoms with van der Waals surface area (Å²) in [6.45, 7) is 2.03.